The number of likely N-dealkylation sites (N-methyl/N-ethyl adjacent to an activating group) is 1. The molecule has 5 heteroatoms. The molecule has 0 saturated carbocycles. The number of hydrogen-bond acceptors (Lipinski definition) is 4. The molecule has 1 atom stereocenters. The molecule has 94 valence electrons. The van der Waals surface area contributed by atoms with Crippen LogP contribution in [0, 0.1) is 0 Å². The summed E-state index contributed by atoms with van der Waals surface area (Å²) in [5, 5.41) is 12.2. The molecular weight excluding hydrogens is 206 g/mol. The molecule has 0 aromatic rings. The SMILES string of the molecule is CN(C)CCN1CC(C)(C)NC(=O)C1CO. The van der Waals surface area contributed by atoms with Crippen LogP contribution < -0.4 is 5.32 Å². The molecule has 0 aromatic heterocycles. The van der Waals surface area contributed by atoms with Crippen LogP contribution in [0.5, 0.6) is 0 Å². The quantitative estimate of drug-likeness (QED) is 0.657. The van der Waals surface area contributed by atoms with Gasteiger partial charge in [-0.15, -0.1) is 0 Å². The molecule has 1 heterocycles. The molecule has 0 aromatic carbocycles. The first-order valence-electron chi connectivity index (χ1n) is 5.67. The summed E-state index contributed by atoms with van der Waals surface area (Å²) >= 11 is 0. The largest absolute Gasteiger partial charge is 0.394 e. The summed E-state index contributed by atoms with van der Waals surface area (Å²) in [6.07, 6.45) is 0. The number of carbonyl (C=O) groups is 1. The van der Waals surface area contributed by atoms with Gasteiger partial charge in [-0.3, -0.25) is 9.69 Å². The molecule has 16 heavy (non-hydrogen) atoms. The molecule has 1 saturated heterocycles. The Kier molecular flexibility index (Phi) is 4.29. The zero-order chi connectivity index (χ0) is 12.3. The Morgan fingerprint density at radius 2 is 2.19 bits per heavy atom. The van der Waals surface area contributed by atoms with E-state index in [-0.39, 0.29) is 18.1 Å². The van der Waals surface area contributed by atoms with Gasteiger partial charge in [0.2, 0.25) is 5.91 Å². The number of nitrogens with one attached hydrogen (secondary N) is 1. The number of piperazine rings is 1. The number of aliphatic hydroxyl groups is 1. The van der Waals surface area contributed by atoms with Gasteiger partial charge in [0.25, 0.3) is 0 Å². The van der Waals surface area contributed by atoms with E-state index in [1.807, 2.05) is 27.9 Å². The van der Waals surface area contributed by atoms with Gasteiger partial charge in [0.05, 0.1) is 6.61 Å². The van der Waals surface area contributed by atoms with E-state index in [0.29, 0.717) is 0 Å². The van der Waals surface area contributed by atoms with Crippen LogP contribution in [0.1, 0.15) is 13.8 Å². The van der Waals surface area contributed by atoms with Gasteiger partial charge in [0.15, 0.2) is 0 Å². The lowest BCUT2D eigenvalue weighted by molar-refractivity contribution is -0.134. The summed E-state index contributed by atoms with van der Waals surface area (Å²) in [6, 6.07) is -0.395. The van der Waals surface area contributed by atoms with E-state index in [4.69, 9.17) is 0 Å². The molecule has 1 rings (SSSR count). The van der Waals surface area contributed by atoms with E-state index in [9.17, 15) is 9.90 Å². The van der Waals surface area contributed by atoms with Crippen LogP contribution >= 0.6 is 0 Å². The highest BCUT2D eigenvalue weighted by Gasteiger charge is 2.37. The molecule has 1 amide bonds. The fourth-order valence-electron chi connectivity index (χ4n) is 2.00. The van der Waals surface area contributed by atoms with Gasteiger partial charge in [-0.25, -0.2) is 0 Å². The van der Waals surface area contributed by atoms with Crippen LogP contribution in [0.4, 0.5) is 0 Å². The first-order chi connectivity index (χ1) is 7.35. The van der Waals surface area contributed by atoms with Crippen molar-refractivity contribution in [2.24, 2.45) is 0 Å². The highest BCUT2D eigenvalue weighted by atomic mass is 16.3. The van der Waals surface area contributed by atoms with Crippen molar-refractivity contribution in [2.45, 2.75) is 25.4 Å². The molecule has 1 fully saturated rings. The fourth-order valence-corrected chi connectivity index (χ4v) is 2.00. The molecule has 1 aliphatic rings. The predicted molar refractivity (Wildman–Crippen MR) is 63.2 cm³/mol. The first-order valence-corrected chi connectivity index (χ1v) is 5.67. The van der Waals surface area contributed by atoms with Gasteiger partial charge in [-0.1, -0.05) is 0 Å². The minimum atomic E-state index is -0.395. The maximum atomic E-state index is 11.8. The monoisotopic (exact) mass is 229 g/mol. The van der Waals surface area contributed by atoms with Crippen LogP contribution in [-0.2, 0) is 4.79 Å². The third kappa shape index (κ3) is 3.43. The molecule has 5 nitrogen and oxygen atoms in total. The van der Waals surface area contributed by atoms with Crippen molar-refractivity contribution in [3.63, 3.8) is 0 Å². The summed E-state index contributed by atoms with van der Waals surface area (Å²) in [5.41, 5.74) is -0.213. The Balaban J connectivity index is 2.65. The Hall–Kier alpha value is -0.650. The maximum Gasteiger partial charge on any atom is 0.240 e. The van der Waals surface area contributed by atoms with Crippen LogP contribution in [0.25, 0.3) is 0 Å². The summed E-state index contributed by atoms with van der Waals surface area (Å²) in [5.74, 6) is -0.0718. The number of aliphatic hydroxyl groups excluding tert-OH is 1. The molecule has 0 bridgehead atoms. The van der Waals surface area contributed by atoms with Crippen molar-refractivity contribution < 1.29 is 9.90 Å². The first kappa shape index (κ1) is 13.4. The van der Waals surface area contributed by atoms with Gasteiger partial charge in [-0.2, -0.15) is 0 Å². The standard InChI is InChI=1S/C11H23N3O2/c1-11(2)8-14(6-5-13(3)4)9(7-15)10(16)12-11/h9,15H,5-8H2,1-4H3,(H,12,16). The van der Waals surface area contributed by atoms with E-state index in [1.54, 1.807) is 0 Å². The third-order valence-electron chi connectivity index (χ3n) is 2.81. The van der Waals surface area contributed by atoms with E-state index in [2.05, 4.69) is 15.1 Å². The Bertz CT molecular complexity index is 254. The van der Waals surface area contributed by atoms with Crippen LogP contribution in [0.2, 0.25) is 0 Å². The number of hydrogen-bond donors (Lipinski definition) is 2. The van der Waals surface area contributed by atoms with E-state index in [0.717, 1.165) is 19.6 Å². The van der Waals surface area contributed by atoms with E-state index < -0.39 is 6.04 Å². The van der Waals surface area contributed by atoms with Crippen molar-refractivity contribution >= 4 is 5.91 Å². The lowest BCUT2D eigenvalue weighted by Crippen LogP contribution is -2.66. The minimum Gasteiger partial charge on any atom is -0.394 e. The molecule has 1 aliphatic heterocycles. The number of rotatable bonds is 4. The Morgan fingerprint density at radius 3 is 2.69 bits per heavy atom. The minimum absolute atomic E-state index is 0.0718. The van der Waals surface area contributed by atoms with Gasteiger partial charge in [-0.05, 0) is 27.9 Å². The fraction of sp³-hybridized carbons (Fsp3) is 0.909. The van der Waals surface area contributed by atoms with E-state index >= 15 is 0 Å². The maximum absolute atomic E-state index is 11.8. The van der Waals surface area contributed by atoms with E-state index in [1.165, 1.54) is 0 Å². The second kappa shape index (κ2) is 5.12. The predicted octanol–water partition coefficient (Wildman–Crippen LogP) is -0.881. The number of amides is 1. The Labute approximate surface area is 97.4 Å². The van der Waals surface area contributed by atoms with Crippen molar-refractivity contribution in [1.29, 1.82) is 0 Å². The third-order valence-corrected chi connectivity index (χ3v) is 2.81. The molecule has 0 spiro atoms. The summed E-state index contributed by atoms with van der Waals surface area (Å²) in [6.45, 7) is 6.35. The Morgan fingerprint density at radius 1 is 1.56 bits per heavy atom. The van der Waals surface area contributed by atoms with Crippen molar-refractivity contribution in [2.75, 3.05) is 40.3 Å². The van der Waals surface area contributed by atoms with Crippen LogP contribution in [-0.4, -0.2) is 72.7 Å². The zero-order valence-electron chi connectivity index (χ0n) is 10.7. The van der Waals surface area contributed by atoms with Crippen molar-refractivity contribution in [3.8, 4) is 0 Å². The number of nitrogens with zero attached hydrogens (tertiary/aromatic N) is 2. The normalized spacial score (nSPS) is 25.9. The van der Waals surface area contributed by atoms with Gasteiger partial charge in [0, 0.05) is 25.2 Å². The second-order valence-electron chi connectivity index (χ2n) is 5.35. The van der Waals surface area contributed by atoms with Crippen LogP contribution in [0.15, 0.2) is 0 Å². The highest BCUT2D eigenvalue weighted by molar-refractivity contribution is 5.83. The van der Waals surface area contributed by atoms with Crippen LogP contribution in [0.3, 0.4) is 0 Å². The topological polar surface area (TPSA) is 55.8 Å². The van der Waals surface area contributed by atoms with Crippen molar-refractivity contribution in [3.05, 3.63) is 0 Å². The lowest BCUT2D eigenvalue weighted by Gasteiger charge is -2.43. The van der Waals surface area contributed by atoms with Gasteiger partial charge >= 0.3 is 0 Å². The molecule has 2 N–H and O–H groups in total. The molecule has 1 unspecified atom stereocenters. The molecular formula is C11H23N3O2. The lowest BCUT2D eigenvalue weighted by atomic mass is 9.98. The summed E-state index contributed by atoms with van der Waals surface area (Å²) in [7, 11) is 4.01. The average molecular weight is 229 g/mol. The average Bonchev–Trinajstić information content (AvgIpc) is 2.12. The highest BCUT2D eigenvalue weighted by Crippen LogP contribution is 2.15. The molecule has 0 aliphatic carbocycles. The number of carbonyl (C=O) groups excluding carboxylic acids is 1. The summed E-state index contributed by atoms with van der Waals surface area (Å²) in [4.78, 5) is 15.9. The van der Waals surface area contributed by atoms with Gasteiger partial charge in [0.1, 0.15) is 6.04 Å². The summed E-state index contributed by atoms with van der Waals surface area (Å²) < 4.78 is 0. The van der Waals surface area contributed by atoms with Gasteiger partial charge < -0.3 is 15.3 Å². The van der Waals surface area contributed by atoms with Crippen molar-refractivity contribution in [1.82, 2.24) is 15.1 Å². The second-order valence-corrected chi connectivity index (χ2v) is 5.35. The zero-order valence-corrected chi connectivity index (χ0v) is 10.7. The molecule has 0 radical (unpaired) electrons. The smallest absolute Gasteiger partial charge is 0.240 e.